The van der Waals surface area contributed by atoms with Crippen LogP contribution in [0.1, 0.15) is 59.3 Å². The Labute approximate surface area is 183 Å². The Morgan fingerprint density at radius 2 is 2.10 bits per heavy atom. The highest BCUT2D eigenvalue weighted by molar-refractivity contribution is 6.00. The topological polar surface area (TPSA) is 93.1 Å². The molecule has 1 spiro atoms. The van der Waals surface area contributed by atoms with Crippen LogP contribution in [-0.4, -0.2) is 52.5 Å². The van der Waals surface area contributed by atoms with Gasteiger partial charge in [0, 0.05) is 16.7 Å². The Morgan fingerprint density at radius 1 is 1.32 bits per heavy atom. The smallest absolute Gasteiger partial charge is 0.193 e. The van der Waals surface area contributed by atoms with E-state index in [1.807, 2.05) is 0 Å². The van der Waals surface area contributed by atoms with Crippen molar-refractivity contribution in [3.8, 4) is 0 Å². The first kappa shape index (κ1) is 20.5. The molecule has 6 nitrogen and oxygen atoms in total. The largest absolute Gasteiger partial charge is 0.393 e. The summed E-state index contributed by atoms with van der Waals surface area (Å²) in [5.41, 5.74) is -2.05. The Hall–Kier alpha value is -1.08. The van der Waals surface area contributed by atoms with Gasteiger partial charge in [-0.2, -0.15) is 0 Å². The minimum atomic E-state index is -1.19. The SMILES string of the molecule is CCCC1O[C@@H]2C[C@H]3[C@@H]4CC[C@@]56C=CC(=O)[C@H]5[C@@]6(C)[C@H]4[C@@H](O)C[C@]3(C)[C@]2(C(=O)CO)O1. The molecule has 6 rings (SSSR count). The third-order valence-corrected chi connectivity index (χ3v) is 10.8. The third-order valence-electron chi connectivity index (χ3n) is 10.8. The van der Waals surface area contributed by atoms with Gasteiger partial charge in [-0.25, -0.2) is 0 Å². The Balaban J connectivity index is 1.40. The lowest BCUT2D eigenvalue weighted by Gasteiger charge is -2.57. The number of aliphatic hydroxyl groups excluding tert-OH is 2. The highest BCUT2D eigenvalue weighted by Gasteiger charge is 2.85. The second-order valence-electron chi connectivity index (χ2n) is 11.5. The van der Waals surface area contributed by atoms with Crippen LogP contribution in [0.15, 0.2) is 12.2 Å². The second-order valence-corrected chi connectivity index (χ2v) is 11.5. The summed E-state index contributed by atoms with van der Waals surface area (Å²) in [4.78, 5) is 25.9. The maximum Gasteiger partial charge on any atom is 0.193 e. The second kappa shape index (κ2) is 6.07. The molecule has 31 heavy (non-hydrogen) atoms. The number of rotatable bonds is 4. The molecule has 0 aromatic rings. The minimum Gasteiger partial charge on any atom is -0.393 e. The van der Waals surface area contributed by atoms with E-state index in [2.05, 4.69) is 26.8 Å². The van der Waals surface area contributed by atoms with Crippen LogP contribution in [0, 0.1) is 39.9 Å². The molecule has 4 saturated carbocycles. The van der Waals surface area contributed by atoms with E-state index < -0.39 is 30.0 Å². The van der Waals surface area contributed by atoms with Crippen LogP contribution in [0.2, 0.25) is 0 Å². The van der Waals surface area contributed by atoms with Crippen molar-refractivity contribution in [3.05, 3.63) is 12.2 Å². The summed E-state index contributed by atoms with van der Waals surface area (Å²) in [7, 11) is 0. The van der Waals surface area contributed by atoms with Gasteiger partial charge >= 0.3 is 0 Å². The van der Waals surface area contributed by atoms with Gasteiger partial charge in [-0.1, -0.05) is 33.3 Å². The lowest BCUT2D eigenvalue weighted by Crippen LogP contribution is -2.63. The first-order valence-corrected chi connectivity index (χ1v) is 12.1. The number of carbonyl (C=O) groups excluding carboxylic acids is 2. The van der Waals surface area contributed by atoms with Gasteiger partial charge < -0.3 is 19.7 Å². The van der Waals surface area contributed by atoms with E-state index in [1.165, 1.54) is 0 Å². The molecular formula is C25H34O6. The van der Waals surface area contributed by atoms with Gasteiger partial charge in [-0.05, 0) is 61.3 Å². The van der Waals surface area contributed by atoms with Crippen molar-refractivity contribution < 1.29 is 29.3 Å². The van der Waals surface area contributed by atoms with E-state index >= 15 is 0 Å². The highest BCUT2D eigenvalue weighted by atomic mass is 16.7. The van der Waals surface area contributed by atoms with Crippen LogP contribution in [0.4, 0.5) is 0 Å². The summed E-state index contributed by atoms with van der Waals surface area (Å²) in [5, 5.41) is 21.5. The Bertz CT molecular complexity index is 883. The molecule has 6 heteroatoms. The zero-order valence-electron chi connectivity index (χ0n) is 18.7. The lowest BCUT2D eigenvalue weighted by atomic mass is 9.49. The van der Waals surface area contributed by atoms with Gasteiger partial charge in [0.2, 0.25) is 0 Å². The molecule has 0 radical (unpaired) electrons. The van der Waals surface area contributed by atoms with Crippen molar-refractivity contribution in [2.24, 2.45) is 39.9 Å². The Morgan fingerprint density at radius 3 is 2.81 bits per heavy atom. The van der Waals surface area contributed by atoms with Crippen LogP contribution >= 0.6 is 0 Å². The standard InChI is InChI=1S/C25H34O6/c1-4-5-19-30-18-10-14-13-6-8-24-9-7-15(27)21(24)23(24,3)20(13)16(28)11-22(14,2)25(18,31-19)17(29)12-26/h7,9,13-14,16,18-21,26,28H,4-6,8,10-12H2,1-3H3/t13-,14-,16-,18+,19?,20+,21-,22-,23+,24+,25+/m0/s1. The summed E-state index contributed by atoms with van der Waals surface area (Å²) in [6.07, 6.45) is 7.12. The fourth-order valence-electron chi connectivity index (χ4n) is 9.70. The first-order valence-electron chi connectivity index (χ1n) is 12.1. The monoisotopic (exact) mass is 430 g/mol. The molecule has 1 unspecified atom stereocenters. The molecule has 0 aromatic carbocycles. The molecule has 0 aromatic heterocycles. The molecule has 1 aliphatic heterocycles. The van der Waals surface area contributed by atoms with Gasteiger partial charge in [-0.3, -0.25) is 9.59 Å². The molecule has 6 aliphatic rings. The number of ether oxygens (including phenoxy) is 2. The number of aliphatic hydroxyl groups is 2. The molecule has 11 atom stereocenters. The lowest BCUT2D eigenvalue weighted by molar-refractivity contribution is -0.202. The highest BCUT2D eigenvalue weighted by Crippen LogP contribution is 2.84. The number of fused-ring (bicyclic) bond motifs is 7. The number of allylic oxidation sites excluding steroid dienone is 2. The van der Waals surface area contributed by atoms with Crippen LogP contribution < -0.4 is 0 Å². The summed E-state index contributed by atoms with van der Waals surface area (Å²) in [6.45, 7) is 5.76. The van der Waals surface area contributed by atoms with Crippen LogP contribution in [0.3, 0.4) is 0 Å². The average Bonchev–Trinajstić information content (AvgIpc) is 3.00. The zero-order chi connectivity index (χ0) is 22.0. The molecular weight excluding hydrogens is 396 g/mol. The Kier molecular flexibility index (Phi) is 4.02. The van der Waals surface area contributed by atoms with Crippen LogP contribution in [0.5, 0.6) is 0 Å². The number of hydrogen-bond acceptors (Lipinski definition) is 6. The number of ketones is 2. The molecule has 0 bridgehead atoms. The van der Waals surface area contributed by atoms with E-state index in [9.17, 15) is 19.8 Å². The quantitative estimate of drug-likeness (QED) is 0.712. The molecule has 5 fully saturated rings. The maximum atomic E-state index is 13.2. The summed E-state index contributed by atoms with van der Waals surface area (Å²) in [5.74, 6) is 0.342. The van der Waals surface area contributed by atoms with Crippen molar-refractivity contribution in [1.82, 2.24) is 0 Å². The summed E-state index contributed by atoms with van der Waals surface area (Å²) in [6, 6.07) is 0. The van der Waals surface area contributed by atoms with Crippen LogP contribution in [0.25, 0.3) is 0 Å². The molecule has 2 N–H and O–H groups in total. The maximum absolute atomic E-state index is 13.2. The van der Waals surface area contributed by atoms with Crippen molar-refractivity contribution in [2.45, 2.75) is 83.4 Å². The molecule has 1 heterocycles. The van der Waals surface area contributed by atoms with E-state index in [0.717, 1.165) is 19.3 Å². The number of carbonyl (C=O) groups is 2. The van der Waals surface area contributed by atoms with Gasteiger partial charge in [0.1, 0.15) is 6.61 Å². The summed E-state index contributed by atoms with van der Waals surface area (Å²) < 4.78 is 12.7. The van der Waals surface area contributed by atoms with Crippen molar-refractivity contribution in [3.63, 3.8) is 0 Å². The van der Waals surface area contributed by atoms with Gasteiger partial charge in [-0.15, -0.1) is 0 Å². The van der Waals surface area contributed by atoms with Crippen molar-refractivity contribution >= 4 is 11.6 Å². The molecule has 5 aliphatic carbocycles. The molecule has 1 saturated heterocycles. The minimum absolute atomic E-state index is 0.00405. The predicted octanol–water partition coefficient (Wildman–Crippen LogP) is 2.41. The fraction of sp³-hybridized carbons (Fsp3) is 0.840. The van der Waals surface area contributed by atoms with Crippen molar-refractivity contribution in [2.75, 3.05) is 6.61 Å². The van der Waals surface area contributed by atoms with Gasteiger partial charge in [0.15, 0.2) is 23.5 Å². The van der Waals surface area contributed by atoms with Crippen LogP contribution in [-0.2, 0) is 19.1 Å². The van der Waals surface area contributed by atoms with E-state index in [0.29, 0.717) is 19.3 Å². The fourth-order valence-corrected chi connectivity index (χ4v) is 9.70. The van der Waals surface area contributed by atoms with E-state index in [1.54, 1.807) is 6.08 Å². The zero-order valence-corrected chi connectivity index (χ0v) is 18.7. The average molecular weight is 431 g/mol. The van der Waals surface area contributed by atoms with Gasteiger partial charge in [0.25, 0.3) is 0 Å². The number of hydrogen-bond donors (Lipinski definition) is 2. The van der Waals surface area contributed by atoms with E-state index in [-0.39, 0.29) is 52.2 Å². The molecule has 170 valence electrons. The summed E-state index contributed by atoms with van der Waals surface area (Å²) >= 11 is 0. The van der Waals surface area contributed by atoms with Crippen molar-refractivity contribution in [1.29, 1.82) is 0 Å². The normalized spacial score (nSPS) is 58.4. The van der Waals surface area contributed by atoms with E-state index in [4.69, 9.17) is 9.47 Å². The third kappa shape index (κ3) is 2.02. The number of Topliss-reactive ketones (excluding diaryl/α,β-unsaturated/α-hetero) is 1. The van der Waals surface area contributed by atoms with Gasteiger partial charge in [0.05, 0.1) is 12.2 Å². The first-order chi connectivity index (χ1) is 14.7. The molecule has 0 amide bonds. The predicted molar refractivity (Wildman–Crippen MR) is 111 cm³/mol.